The van der Waals surface area contributed by atoms with Gasteiger partial charge in [0.05, 0.1) is 39.9 Å². The molecule has 0 aliphatic heterocycles. The highest BCUT2D eigenvalue weighted by atomic mass is 31.2. The molecular weight excluding hydrogens is 864 g/mol. The highest BCUT2D eigenvalue weighted by molar-refractivity contribution is 7.45. The monoisotopic (exact) mass is 969 g/mol. The molecule has 0 fully saturated rings. The highest BCUT2D eigenvalue weighted by Gasteiger charge is 2.23. The molecule has 3 atom stereocenters. The van der Waals surface area contributed by atoms with E-state index in [2.05, 4.69) is 104 Å². The Morgan fingerprint density at radius 2 is 0.897 bits per heavy atom. The van der Waals surface area contributed by atoms with Crippen LogP contribution in [0.3, 0.4) is 0 Å². The fraction of sp³-hybridized carbons (Fsp3) is 0.712. The van der Waals surface area contributed by atoms with Crippen molar-refractivity contribution in [3.05, 3.63) is 97.2 Å². The Balaban J connectivity index is 3.96. The number of phosphoric ester groups is 1. The summed E-state index contributed by atoms with van der Waals surface area (Å²) in [6, 6.07) is -0.888. The predicted octanol–water partition coefficient (Wildman–Crippen LogP) is 16.0. The number of aliphatic hydroxyl groups is 1. The number of aliphatic hydroxyl groups excluding tert-OH is 1. The smallest absolute Gasteiger partial charge is 0.268 e. The summed E-state index contributed by atoms with van der Waals surface area (Å²) in [6.45, 7) is 4.49. The number of carbonyl (C=O) groups excluding carboxylic acids is 1. The molecule has 8 nitrogen and oxygen atoms in total. The summed E-state index contributed by atoms with van der Waals surface area (Å²) in [5, 5.41) is 13.8. The van der Waals surface area contributed by atoms with Crippen LogP contribution in [0.1, 0.15) is 219 Å². The number of nitrogens with one attached hydrogen (secondary N) is 1. The van der Waals surface area contributed by atoms with Crippen LogP contribution >= 0.6 is 7.82 Å². The van der Waals surface area contributed by atoms with Gasteiger partial charge in [0, 0.05) is 6.42 Å². The summed E-state index contributed by atoms with van der Waals surface area (Å²) < 4.78 is 23.2. The van der Waals surface area contributed by atoms with Gasteiger partial charge in [0.15, 0.2) is 0 Å². The minimum Gasteiger partial charge on any atom is -0.756 e. The second kappa shape index (κ2) is 49.4. The van der Waals surface area contributed by atoms with E-state index in [1.807, 2.05) is 27.2 Å². The molecule has 0 spiro atoms. The van der Waals surface area contributed by atoms with Crippen molar-refractivity contribution >= 4 is 13.7 Å². The van der Waals surface area contributed by atoms with Crippen molar-refractivity contribution in [3.63, 3.8) is 0 Å². The molecule has 68 heavy (non-hydrogen) atoms. The van der Waals surface area contributed by atoms with Gasteiger partial charge >= 0.3 is 0 Å². The molecule has 392 valence electrons. The summed E-state index contributed by atoms with van der Waals surface area (Å²) in [7, 11) is 1.25. The molecule has 0 aliphatic carbocycles. The Bertz CT molecular complexity index is 1420. The van der Waals surface area contributed by atoms with E-state index >= 15 is 0 Å². The van der Waals surface area contributed by atoms with Crippen LogP contribution in [0.15, 0.2) is 97.2 Å². The maximum absolute atomic E-state index is 12.9. The molecule has 0 aromatic rings. The zero-order valence-corrected chi connectivity index (χ0v) is 45.4. The van der Waals surface area contributed by atoms with Crippen LogP contribution in [0.2, 0.25) is 0 Å². The van der Waals surface area contributed by atoms with E-state index in [0.717, 1.165) is 83.5 Å². The van der Waals surface area contributed by atoms with Crippen molar-refractivity contribution in [1.29, 1.82) is 0 Å². The predicted molar refractivity (Wildman–Crippen MR) is 293 cm³/mol. The van der Waals surface area contributed by atoms with Crippen LogP contribution in [0, 0.1) is 0 Å². The first-order valence-electron chi connectivity index (χ1n) is 27.6. The summed E-state index contributed by atoms with van der Waals surface area (Å²) in [5.74, 6) is -0.203. The number of allylic oxidation sites excluding steroid dienone is 15. The van der Waals surface area contributed by atoms with Gasteiger partial charge in [-0.2, -0.15) is 0 Å². The quantitative estimate of drug-likeness (QED) is 0.0272. The van der Waals surface area contributed by atoms with Crippen molar-refractivity contribution in [1.82, 2.24) is 5.32 Å². The number of carbonyl (C=O) groups is 1. The maximum Gasteiger partial charge on any atom is 0.268 e. The number of amides is 1. The lowest BCUT2D eigenvalue weighted by molar-refractivity contribution is -0.870. The number of quaternary nitrogens is 1. The minimum absolute atomic E-state index is 0.00412. The van der Waals surface area contributed by atoms with Crippen LogP contribution in [0.4, 0.5) is 0 Å². The standard InChI is InChI=1S/C59H105N2O6P/c1-6-8-10-12-14-16-17-18-19-20-21-22-23-24-25-26-27-28-29-30-31-32-33-34-35-36-37-38-39-40-41-42-43-45-47-49-51-53-59(63)60-57(56-67-68(64,65)66-55-54-61(3,4)5)58(62)52-50-48-46-44-15-13-11-9-7-2/h8,10,14,16,18-19,21-22,24-25,27-28,30-31,50,52,57-58,62H,6-7,9,11-13,15,17,20,23,26,29,32-49,51,53-56H2,1-5H3,(H-,60,63,64,65)/b10-8-,16-14-,19-18-,22-21-,25-24-,28-27-,31-30-,52-50+. The van der Waals surface area contributed by atoms with Crippen LogP contribution in [0.25, 0.3) is 0 Å². The Labute approximate surface area is 419 Å². The van der Waals surface area contributed by atoms with Gasteiger partial charge in [0.1, 0.15) is 13.2 Å². The molecule has 0 aromatic carbocycles. The number of hydrogen-bond acceptors (Lipinski definition) is 6. The lowest BCUT2D eigenvalue weighted by Gasteiger charge is -2.29. The van der Waals surface area contributed by atoms with E-state index in [0.29, 0.717) is 17.4 Å². The van der Waals surface area contributed by atoms with Gasteiger partial charge in [-0.3, -0.25) is 9.36 Å². The molecule has 0 rings (SSSR count). The van der Waals surface area contributed by atoms with E-state index < -0.39 is 20.0 Å². The molecule has 3 unspecified atom stereocenters. The topological polar surface area (TPSA) is 108 Å². The van der Waals surface area contributed by atoms with Crippen molar-refractivity contribution in [3.8, 4) is 0 Å². The molecule has 0 bridgehead atoms. The van der Waals surface area contributed by atoms with Gasteiger partial charge in [-0.15, -0.1) is 0 Å². The highest BCUT2D eigenvalue weighted by Crippen LogP contribution is 2.38. The van der Waals surface area contributed by atoms with Gasteiger partial charge < -0.3 is 28.8 Å². The molecule has 9 heteroatoms. The molecule has 0 saturated carbocycles. The number of phosphoric acid groups is 1. The minimum atomic E-state index is -4.59. The van der Waals surface area contributed by atoms with Crippen LogP contribution in [0.5, 0.6) is 0 Å². The number of likely N-dealkylation sites (N-methyl/N-ethyl adjacent to an activating group) is 1. The zero-order valence-electron chi connectivity index (χ0n) is 44.5. The van der Waals surface area contributed by atoms with E-state index in [1.165, 1.54) is 116 Å². The Kier molecular flexibility index (Phi) is 47.5. The van der Waals surface area contributed by atoms with Crippen molar-refractivity contribution in [2.45, 2.75) is 231 Å². The number of rotatable bonds is 49. The summed E-state index contributed by atoms with van der Waals surface area (Å²) in [4.78, 5) is 25.3. The van der Waals surface area contributed by atoms with Crippen molar-refractivity contribution in [2.24, 2.45) is 0 Å². The third-order valence-electron chi connectivity index (χ3n) is 11.8. The van der Waals surface area contributed by atoms with Gasteiger partial charge in [0.25, 0.3) is 7.82 Å². The average Bonchev–Trinajstić information content (AvgIpc) is 3.30. The molecule has 0 saturated heterocycles. The first-order chi connectivity index (χ1) is 33.0. The largest absolute Gasteiger partial charge is 0.756 e. The SMILES string of the molecule is CC/C=C\C/C=C\C/C=C\C/C=C\C/C=C\C/C=C\C/C=C\CCCCCCCCCCCCCCCCCC(=O)NC(COP(=O)([O-])OCC[N+](C)(C)C)C(O)/C=C/CCCCCCCCC. The second-order valence-corrected chi connectivity index (χ2v) is 21.0. The zero-order chi connectivity index (χ0) is 49.9. The maximum atomic E-state index is 12.9. The fourth-order valence-corrected chi connectivity index (χ4v) is 8.21. The molecule has 1 amide bonds. The molecular formula is C59H105N2O6P. The average molecular weight is 969 g/mol. The van der Waals surface area contributed by atoms with Crippen LogP contribution < -0.4 is 10.2 Å². The first kappa shape index (κ1) is 65.4. The third-order valence-corrected chi connectivity index (χ3v) is 12.8. The summed E-state index contributed by atoms with van der Waals surface area (Å²) in [6.07, 6.45) is 70.7. The Morgan fingerprint density at radius 1 is 0.529 bits per heavy atom. The van der Waals surface area contributed by atoms with E-state index in [4.69, 9.17) is 9.05 Å². The summed E-state index contributed by atoms with van der Waals surface area (Å²) in [5.41, 5.74) is 0. The Hall–Kier alpha value is -2.58. The lowest BCUT2D eigenvalue weighted by atomic mass is 10.0. The van der Waals surface area contributed by atoms with E-state index in [9.17, 15) is 19.4 Å². The van der Waals surface area contributed by atoms with Crippen molar-refractivity contribution < 1.29 is 32.9 Å². The molecule has 0 radical (unpaired) electrons. The summed E-state index contributed by atoms with van der Waals surface area (Å²) >= 11 is 0. The van der Waals surface area contributed by atoms with Crippen LogP contribution in [-0.2, 0) is 18.4 Å². The number of hydrogen-bond donors (Lipinski definition) is 2. The normalized spacial score (nSPS) is 14.8. The van der Waals surface area contributed by atoms with Gasteiger partial charge in [-0.25, -0.2) is 0 Å². The second-order valence-electron chi connectivity index (χ2n) is 19.6. The van der Waals surface area contributed by atoms with Gasteiger partial charge in [-0.05, 0) is 77.0 Å². The number of nitrogens with zero attached hydrogens (tertiary/aromatic N) is 1. The third kappa shape index (κ3) is 51.3. The molecule has 0 aromatic heterocycles. The van der Waals surface area contributed by atoms with E-state index in [-0.39, 0.29) is 19.1 Å². The lowest BCUT2D eigenvalue weighted by Crippen LogP contribution is -2.45. The van der Waals surface area contributed by atoms with Crippen LogP contribution in [-0.4, -0.2) is 68.5 Å². The number of unbranched alkanes of at least 4 members (excludes halogenated alkanes) is 22. The Morgan fingerprint density at radius 3 is 1.31 bits per heavy atom. The first-order valence-corrected chi connectivity index (χ1v) is 29.1. The van der Waals surface area contributed by atoms with Gasteiger partial charge in [-0.1, -0.05) is 233 Å². The molecule has 0 heterocycles. The molecule has 0 aliphatic rings. The van der Waals surface area contributed by atoms with Crippen molar-refractivity contribution in [2.75, 3.05) is 40.9 Å². The van der Waals surface area contributed by atoms with Gasteiger partial charge in [0.2, 0.25) is 5.91 Å². The van der Waals surface area contributed by atoms with E-state index in [1.54, 1.807) is 6.08 Å². The molecule has 2 N–H and O–H groups in total. The fourth-order valence-electron chi connectivity index (χ4n) is 7.49.